The smallest absolute Gasteiger partial charge is 0.309 e. The number of rotatable bonds is 5. The molecule has 4 nitrogen and oxygen atoms in total. The first-order valence-electron chi connectivity index (χ1n) is 5.47. The minimum absolute atomic E-state index is 0.126. The van der Waals surface area contributed by atoms with E-state index >= 15 is 0 Å². The Morgan fingerprint density at radius 3 is 2.53 bits per heavy atom. The van der Waals surface area contributed by atoms with Crippen molar-refractivity contribution in [2.24, 2.45) is 5.92 Å². The molecule has 0 aliphatic rings. The first kappa shape index (κ1) is 15.6. The molecule has 1 rings (SSSR count). The van der Waals surface area contributed by atoms with Crippen molar-refractivity contribution in [3.63, 3.8) is 0 Å². The van der Waals surface area contributed by atoms with Crippen LogP contribution in [0.5, 0.6) is 0 Å². The molecule has 0 aromatic heterocycles. The van der Waals surface area contributed by atoms with Crippen LogP contribution >= 0.6 is 0 Å². The lowest BCUT2D eigenvalue weighted by Crippen LogP contribution is -2.23. The fourth-order valence-corrected chi connectivity index (χ4v) is 3.31. The van der Waals surface area contributed by atoms with Crippen molar-refractivity contribution >= 4 is 15.8 Å². The molecule has 0 bridgehead atoms. The fourth-order valence-electron chi connectivity index (χ4n) is 1.58. The van der Waals surface area contributed by atoms with E-state index in [1.807, 2.05) is 0 Å². The number of esters is 1. The molecular weight excluding hydrogens is 278 g/mol. The largest absolute Gasteiger partial charge is 0.469 e. The Balaban J connectivity index is 2.82. The van der Waals surface area contributed by atoms with Crippen molar-refractivity contribution in [3.05, 3.63) is 35.4 Å². The van der Waals surface area contributed by atoms with Crippen molar-refractivity contribution < 1.29 is 26.7 Å². The minimum atomic E-state index is -3.69. The van der Waals surface area contributed by atoms with E-state index in [1.165, 1.54) is 6.92 Å². The number of ether oxygens (including phenoxy) is 1. The maximum Gasteiger partial charge on any atom is 0.309 e. The van der Waals surface area contributed by atoms with E-state index in [0.717, 1.165) is 19.2 Å². The molecule has 0 aliphatic carbocycles. The molecule has 19 heavy (non-hydrogen) atoms. The molecule has 0 radical (unpaired) electrons. The van der Waals surface area contributed by atoms with Crippen molar-refractivity contribution in [2.45, 2.75) is 12.7 Å². The Hall–Kier alpha value is -1.50. The van der Waals surface area contributed by atoms with Gasteiger partial charge in [0, 0.05) is 11.6 Å². The van der Waals surface area contributed by atoms with Crippen LogP contribution in [0, 0.1) is 17.6 Å². The van der Waals surface area contributed by atoms with Gasteiger partial charge in [-0.1, -0.05) is 13.0 Å². The molecule has 106 valence electrons. The normalized spacial score (nSPS) is 13.1. The first-order valence-corrected chi connectivity index (χ1v) is 7.29. The summed E-state index contributed by atoms with van der Waals surface area (Å²) in [6.07, 6.45) is 0. The van der Waals surface area contributed by atoms with Crippen LogP contribution in [0.2, 0.25) is 0 Å². The van der Waals surface area contributed by atoms with Gasteiger partial charge < -0.3 is 4.74 Å². The van der Waals surface area contributed by atoms with E-state index < -0.39 is 44.9 Å². The summed E-state index contributed by atoms with van der Waals surface area (Å²) in [6.45, 7) is 1.41. The van der Waals surface area contributed by atoms with Gasteiger partial charge in [0.1, 0.15) is 11.6 Å². The zero-order chi connectivity index (χ0) is 14.6. The third kappa shape index (κ3) is 4.59. The van der Waals surface area contributed by atoms with E-state index in [-0.39, 0.29) is 5.56 Å². The second-order valence-electron chi connectivity index (χ2n) is 4.21. The molecule has 1 aromatic rings. The molecule has 1 unspecified atom stereocenters. The van der Waals surface area contributed by atoms with Crippen LogP contribution in [-0.2, 0) is 25.1 Å². The van der Waals surface area contributed by atoms with Gasteiger partial charge in [0.15, 0.2) is 9.84 Å². The molecule has 0 saturated heterocycles. The number of methoxy groups -OCH3 is 1. The zero-order valence-corrected chi connectivity index (χ0v) is 11.3. The molecule has 0 heterocycles. The van der Waals surface area contributed by atoms with Gasteiger partial charge in [0.25, 0.3) is 0 Å². The molecule has 1 aromatic carbocycles. The molecule has 0 amide bonds. The van der Waals surface area contributed by atoms with E-state index in [4.69, 9.17) is 0 Å². The van der Waals surface area contributed by atoms with Crippen LogP contribution in [0.4, 0.5) is 8.78 Å². The topological polar surface area (TPSA) is 60.4 Å². The summed E-state index contributed by atoms with van der Waals surface area (Å²) in [7, 11) is -2.53. The van der Waals surface area contributed by atoms with E-state index in [1.54, 1.807) is 0 Å². The zero-order valence-electron chi connectivity index (χ0n) is 10.5. The van der Waals surface area contributed by atoms with Gasteiger partial charge >= 0.3 is 5.97 Å². The monoisotopic (exact) mass is 292 g/mol. The van der Waals surface area contributed by atoms with Crippen LogP contribution in [0.25, 0.3) is 0 Å². The van der Waals surface area contributed by atoms with Crippen molar-refractivity contribution in [1.29, 1.82) is 0 Å². The Morgan fingerprint density at radius 1 is 1.37 bits per heavy atom. The predicted molar refractivity (Wildman–Crippen MR) is 65.0 cm³/mol. The number of halogens is 2. The second kappa shape index (κ2) is 6.10. The molecule has 0 spiro atoms. The molecule has 1 atom stereocenters. The van der Waals surface area contributed by atoms with Crippen LogP contribution in [0.3, 0.4) is 0 Å². The van der Waals surface area contributed by atoms with Crippen LogP contribution in [0.15, 0.2) is 18.2 Å². The lowest BCUT2D eigenvalue weighted by Gasteiger charge is -2.10. The summed E-state index contributed by atoms with van der Waals surface area (Å²) in [5.74, 6) is -4.21. The Kier molecular flexibility index (Phi) is 4.99. The van der Waals surface area contributed by atoms with Crippen molar-refractivity contribution in [2.75, 3.05) is 12.9 Å². The summed E-state index contributed by atoms with van der Waals surface area (Å²) in [6, 6.07) is 2.68. The second-order valence-corrected chi connectivity index (χ2v) is 6.32. The molecule has 7 heteroatoms. The van der Waals surface area contributed by atoms with E-state index in [9.17, 15) is 22.0 Å². The van der Waals surface area contributed by atoms with Gasteiger partial charge in [-0.3, -0.25) is 4.79 Å². The fraction of sp³-hybridized carbons (Fsp3) is 0.417. The molecular formula is C12H14F2O4S. The number of sulfone groups is 1. The molecule has 0 N–H and O–H groups in total. The summed E-state index contributed by atoms with van der Waals surface area (Å²) in [5, 5.41) is 0. The number of hydrogen-bond donors (Lipinski definition) is 0. The van der Waals surface area contributed by atoms with Crippen LogP contribution in [0.1, 0.15) is 12.5 Å². The van der Waals surface area contributed by atoms with Crippen LogP contribution < -0.4 is 0 Å². The minimum Gasteiger partial charge on any atom is -0.469 e. The average Bonchev–Trinajstić information content (AvgIpc) is 2.31. The number of hydrogen-bond acceptors (Lipinski definition) is 4. The van der Waals surface area contributed by atoms with E-state index in [2.05, 4.69) is 4.74 Å². The van der Waals surface area contributed by atoms with Gasteiger partial charge in [-0.05, 0) is 6.07 Å². The molecule has 0 saturated carbocycles. The SMILES string of the molecule is COC(=O)C(C)CS(=O)(=O)Cc1ccc(F)cc1F. The van der Waals surface area contributed by atoms with Gasteiger partial charge in [-0.25, -0.2) is 17.2 Å². The van der Waals surface area contributed by atoms with Crippen LogP contribution in [-0.4, -0.2) is 27.2 Å². The predicted octanol–water partition coefficient (Wildman–Crippen LogP) is 1.69. The third-order valence-corrected chi connectivity index (χ3v) is 4.26. The number of carbonyl (C=O) groups excluding carboxylic acids is 1. The Labute approximate surface area is 110 Å². The van der Waals surface area contributed by atoms with Gasteiger partial charge in [0.2, 0.25) is 0 Å². The lowest BCUT2D eigenvalue weighted by molar-refractivity contribution is -0.144. The molecule has 0 aliphatic heterocycles. The summed E-state index contributed by atoms with van der Waals surface area (Å²) in [5.41, 5.74) is -0.126. The summed E-state index contributed by atoms with van der Waals surface area (Å²) >= 11 is 0. The summed E-state index contributed by atoms with van der Waals surface area (Å²) in [4.78, 5) is 11.1. The molecule has 0 fully saturated rings. The van der Waals surface area contributed by atoms with Crippen molar-refractivity contribution in [3.8, 4) is 0 Å². The highest BCUT2D eigenvalue weighted by Gasteiger charge is 2.23. The van der Waals surface area contributed by atoms with Crippen molar-refractivity contribution in [1.82, 2.24) is 0 Å². The quantitative estimate of drug-likeness (QED) is 0.775. The highest BCUT2D eigenvalue weighted by atomic mass is 32.2. The van der Waals surface area contributed by atoms with Gasteiger partial charge in [-0.15, -0.1) is 0 Å². The highest BCUT2D eigenvalue weighted by Crippen LogP contribution is 2.15. The standard InChI is InChI=1S/C12H14F2O4S/c1-8(12(15)18-2)6-19(16,17)7-9-3-4-10(13)5-11(9)14/h3-5,8H,6-7H2,1-2H3. The third-order valence-electron chi connectivity index (χ3n) is 2.50. The number of carbonyl (C=O) groups is 1. The lowest BCUT2D eigenvalue weighted by atomic mass is 10.2. The average molecular weight is 292 g/mol. The van der Waals surface area contributed by atoms with Gasteiger partial charge in [0.05, 0.1) is 24.5 Å². The first-order chi connectivity index (χ1) is 8.75. The maximum atomic E-state index is 13.3. The number of benzene rings is 1. The maximum absolute atomic E-state index is 13.3. The highest BCUT2D eigenvalue weighted by molar-refractivity contribution is 7.90. The Bertz CT molecular complexity index is 569. The summed E-state index contributed by atoms with van der Waals surface area (Å²) < 4.78 is 54.1. The van der Waals surface area contributed by atoms with Gasteiger partial charge in [-0.2, -0.15) is 0 Å². The van der Waals surface area contributed by atoms with E-state index in [0.29, 0.717) is 6.07 Å². The Morgan fingerprint density at radius 2 is 2.00 bits per heavy atom.